The number of aliphatic hydroxyl groups is 2. The minimum atomic E-state index is -1.89. The Kier molecular flexibility index (Phi) is 6.46. The fourth-order valence-electron chi connectivity index (χ4n) is 4.46. The zero-order chi connectivity index (χ0) is 24.0. The molecule has 5 atom stereocenters. The maximum absolute atomic E-state index is 13.3. The van der Waals surface area contributed by atoms with E-state index in [4.69, 9.17) is 21.1 Å². The fraction of sp³-hybridized carbons (Fsp3) is 0.400. The molecule has 0 aliphatic carbocycles. The molecular formula is C20H21BrClN5O5S. The van der Waals surface area contributed by atoms with Crippen molar-refractivity contribution in [2.75, 3.05) is 13.7 Å². The van der Waals surface area contributed by atoms with Crippen LogP contribution in [0.4, 0.5) is 0 Å². The number of rotatable bonds is 6. The van der Waals surface area contributed by atoms with Crippen LogP contribution in [0.3, 0.4) is 0 Å². The van der Waals surface area contributed by atoms with Gasteiger partial charge in [0, 0.05) is 13.3 Å². The van der Waals surface area contributed by atoms with Gasteiger partial charge < -0.3 is 19.7 Å². The van der Waals surface area contributed by atoms with Crippen LogP contribution < -0.4 is 0 Å². The van der Waals surface area contributed by atoms with Crippen molar-refractivity contribution in [3.8, 4) is 5.82 Å². The average molecular weight is 559 g/mol. The van der Waals surface area contributed by atoms with Crippen LogP contribution in [-0.2, 0) is 19.8 Å². The van der Waals surface area contributed by atoms with Crippen LogP contribution in [0.1, 0.15) is 12.5 Å². The van der Waals surface area contributed by atoms with Gasteiger partial charge in [-0.1, -0.05) is 47.1 Å². The van der Waals surface area contributed by atoms with Gasteiger partial charge in [-0.05, 0) is 34.5 Å². The van der Waals surface area contributed by atoms with Crippen LogP contribution in [0.5, 0.6) is 0 Å². The number of benzene rings is 1. The van der Waals surface area contributed by atoms with Crippen LogP contribution in [0.2, 0.25) is 5.15 Å². The zero-order valence-corrected chi connectivity index (χ0v) is 20.8. The summed E-state index contributed by atoms with van der Waals surface area (Å²) in [7, 11) is 1.32. The van der Waals surface area contributed by atoms with Crippen molar-refractivity contribution in [1.29, 1.82) is 0 Å². The first kappa shape index (κ1) is 24.3. The van der Waals surface area contributed by atoms with E-state index < -0.39 is 39.6 Å². The summed E-state index contributed by atoms with van der Waals surface area (Å²) < 4.78 is 12.7. The molecule has 1 aliphatic rings. The summed E-state index contributed by atoms with van der Waals surface area (Å²) in [6, 6.07) is 10.3. The Morgan fingerprint density at radius 1 is 1.36 bits per heavy atom. The van der Waals surface area contributed by atoms with Gasteiger partial charge in [-0.15, -0.1) is 17.7 Å². The van der Waals surface area contributed by atoms with Gasteiger partial charge in [0.25, 0.3) is 0 Å². The summed E-state index contributed by atoms with van der Waals surface area (Å²) in [5.41, 5.74) is -4.46. The molecule has 33 heavy (non-hydrogen) atoms. The van der Waals surface area contributed by atoms with Crippen molar-refractivity contribution in [3.63, 3.8) is 0 Å². The molecule has 2 aromatic heterocycles. The molecule has 4 rings (SSSR count). The SMILES string of the molecule is CO[C@@]1(C(C)=O)[C@@H](S)O[C@](Br)(CO)[C@H](O)C1(c1ccccc1)n1cc(-n2ccc(Cl)n2)nn1. The number of ether oxygens (including phenoxy) is 2. The average Bonchev–Trinajstić information content (AvgIpc) is 3.46. The maximum Gasteiger partial charge on any atom is 0.195 e. The normalized spacial score (nSPS) is 32.1. The number of aromatic nitrogens is 5. The number of hydrogen-bond donors (Lipinski definition) is 3. The van der Waals surface area contributed by atoms with Crippen LogP contribution >= 0.6 is 40.2 Å². The third-order valence-corrected chi connectivity index (χ3v) is 7.48. The fourth-order valence-corrected chi connectivity index (χ4v) is 5.93. The number of thiol groups is 1. The minimum Gasteiger partial charge on any atom is -0.392 e. The number of methoxy groups -OCH3 is 1. The predicted molar refractivity (Wildman–Crippen MR) is 125 cm³/mol. The van der Waals surface area contributed by atoms with E-state index in [9.17, 15) is 15.0 Å². The molecule has 2 N–H and O–H groups in total. The summed E-state index contributed by atoms with van der Waals surface area (Å²) in [4.78, 5) is 13.3. The Bertz CT molecular complexity index is 1160. The third kappa shape index (κ3) is 3.39. The molecule has 3 aromatic rings. The van der Waals surface area contributed by atoms with E-state index in [1.807, 2.05) is 0 Å². The van der Waals surface area contributed by atoms with E-state index in [0.29, 0.717) is 5.56 Å². The van der Waals surface area contributed by atoms with Gasteiger partial charge in [0.15, 0.2) is 32.4 Å². The molecule has 0 bridgehead atoms. The molecule has 1 aromatic carbocycles. The highest BCUT2D eigenvalue weighted by molar-refractivity contribution is 9.10. The number of hydrogen-bond acceptors (Lipinski definition) is 9. The van der Waals surface area contributed by atoms with Gasteiger partial charge in [0.05, 0.1) is 12.8 Å². The van der Waals surface area contributed by atoms with Crippen LogP contribution in [0, 0.1) is 0 Å². The molecule has 10 nitrogen and oxygen atoms in total. The third-order valence-electron chi connectivity index (χ3n) is 5.93. The van der Waals surface area contributed by atoms with Crippen molar-refractivity contribution in [3.05, 3.63) is 59.5 Å². The Balaban J connectivity index is 2.10. The molecule has 176 valence electrons. The Morgan fingerprint density at radius 2 is 2.06 bits per heavy atom. The highest BCUT2D eigenvalue weighted by Gasteiger charge is 2.74. The van der Waals surface area contributed by atoms with Crippen LogP contribution in [-0.4, -0.2) is 76.1 Å². The second-order valence-corrected chi connectivity index (χ2v) is 9.75. The quantitative estimate of drug-likeness (QED) is 0.308. The molecule has 0 amide bonds. The van der Waals surface area contributed by atoms with Gasteiger partial charge in [0.2, 0.25) is 0 Å². The minimum absolute atomic E-state index is 0.249. The summed E-state index contributed by atoms with van der Waals surface area (Å²) >= 11 is 13.8. The van der Waals surface area contributed by atoms with Gasteiger partial charge in [0.1, 0.15) is 11.5 Å². The Hall–Kier alpha value is -1.80. The van der Waals surface area contributed by atoms with Gasteiger partial charge in [-0.25, -0.2) is 9.36 Å². The van der Waals surface area contributed by atoms with Crippen LogP contribution in [0.25, 0.3) is 5.82 Å². The summed E-state index contributed by atoms with van der Waals surface area (Å²) in [5.74, 6) is -0.219. The number of nitrogens with zero attached hydrogens (tertiary/aromatic N) is 5. The first-order valence-electron chi connectivity index (χ1n) is 9.77. The smallest absolute Gasteiger partial charge is 0.195 e. The zero-order valence-electron chi connectivity index (χ0n) is 17.5. The van der Waals surface area contributed by atoms with Crippen molar-refractivity contribution >= 4 is 45.9 Å². The number of carbonyl (C=O) groups is 1. The number of aliphatic hydroxyl groups excluding tert-OH is 2. The lowest BCUT2D eigenvalue weighted by atomic mass is 9.65. The lowest BCUT2D eigenvalue weighted by Crippen LogP contribution is -2.79. The van der Waals surface area contributed by atoms with E-state index in [1.165, 1.54) is 29.6 Å². The maximum atomic E-state index is 13.3. The standard InChI is InChI=1S/C20H21BrClN5O5S/c1-12(29)20(31-2)17(33)32-18(21,11-28)16(30)19(20,13-6-4-3-5-7-13)27-10-15(23-25-27)26-9-8-14(22)24-26/h3-10,16-17,28,30,33H,11H2,1-2H3/t16-,17+,18+,19?,20-/m0/s1. The highest BCUT2D eigenvalue weighted by atomic mass is 79.9. The van der Waals surface area contributed by atoms with Crippen molar-refractivity contribution < 1.29 is 24.5 Å². The van der Waals surface area contributed by atoms with Gasteiger partial charge >= 0.3 is 0 Å². The molecule has 3 heterocycles. The Morgan fingerprint density at radius 3 is 2.61 bits per heavy atom. The molecule has 0 radical (unpaired) electrons. The molecule has 1 fully saturated rings. The van der Waals surface area contributed by atoms with Crippen molar-refractivity contribution in [2.45, 2.75) is 34.1 Å². The summed E-state index contributed by atoms with van der Waals surface area (Å²) in [5, 5.41) is 34.8. The van der Waals surface area contributed by atoms with Gasteiger partial charge in [-0.2, -0.15) is 5.10 Å². The van der Waals surface area contributed by atoms with E-state index in [0.717, 1.165) is 0 Å². The number of ketones is 1. The van der Waals surface area contributed by atoms with Gasteiger partial charge in [-0.3, -0.25) is 4.79 Å². The lowest BCUT2D eigenvalue weighted by Gasteiger charge is -2.59. The van der Waals surface area contributed by atoms with Crippen LogP contribution in [0.15, 0.2) is 48.8 Å². The molecule has 0 saturated carbocycles. The Labute approximate surface area is 208 Å². The van der Waals surface area contributed by atoms with E-state index in [1.54, 1.807) is 42.6 Å². The molecule has 1 aliphatic heterocycles. The van der Waals surface area contributed by atoms with E-state index in [-0.39, 0.29) is 11.0 Å². The largest absolute Gasteiger partial charge is 0.392 e. The summed E-state index contributed by atoms with van der Waals surface area (Å²) in [6.45, 7) is 0.666. The monoisotopic (exact) mass is 557 g/mol. The number of carbonyl (C=O) groups excluding carboxylic acids is 1. The van der Waals surface area contributed by atoms with Crippen molar-refractivity contribution in [2.24, 2.45) is 0 Å². The number of halogens is 2. The van der Waals surface area contributed by atoms with E-state index in [2.05, 4.69) is 44.0 Å². The second kappa shape index (κ2) is 8.77. The molecule has 1 unspecified atom stereocenters. The highest BCUT2D eigenvalue weighted by Crippen LogP contribution is 2.55. The molecule has 0 spiro atoms. The second-order valence-electron chi connectivity index (χ2n) is 7.55. The topological polar surface area (TPSA) is 125 Å². The first-order valence-corrected chi connectivity index (χ1v) is 11.5. The number of Topliss-reactive ketones (excluding diaryl/α,β-unsaturated/α-hetero) is 1. The summed E-state index contributed by atoms with van der Waals surface area (Å²) in [6.07, 6.45) is 1.47. The first-order chi connectivity index (χ1) is 15.7. The molecule has 13 heteroatoms. The lowest BCUT2D eigenvalue weighted by molar-refractivity contribution is -0.261. The van der Waals surface area contributed by atoms with Crippen molar-refractivity contribution in [1.82, 2.24) is 24.8 Å². The predicted octanol–water partition coefficient (Wildman–Crippen LogP) is 1.57. The number of alkyl halides is 1. The van der Waals surface area contributed by atoms with E-state index >= 15 is 0 Å². The molecule has 1 saturated heterocycles. The molecular weight excluding hydrogens is 538 g/mol.